The summed E-state index contributed by atoms with van der Waals surface area (Å²) in [4.78, 5) is 33.6. The Morgan fingerprint density at radius 3 is 2.52 bits per heavy atom. The number of aromatic nitrogens is 4. The Bertz CT molecular complexity index is 986. The van der Waals surface area contributed by atoms with Crippen molar-refractivity contribution < 1.29 is 22.7 Å². The molecule has 1 saturated heterocycles. The third-order valence-corrected chi connectivity index (χ3v) is 5.85. The molecule has 0 saturated carbocycles. The summed E-state index contributed by atoms with van der Waals surface area (Å²) in [6.07, 6.45) is 2.52. The number of unbranched alkanes of at least 4 members (excludes halogenated alkanes) is 1. The summed E-state index contributed by atoms with van der Waals surface area (Å²) < 4.78 is 43.7. The number of amides is 1. The minimum absolute atomic E-state index is 0.0440. The first kappa shape index (κ1) is 24.7. The standard InChI is InChI=1S/C22H28F3N5O3/c1-14(33-18-13-28-29-21(32)15(18)2)5-3-4-6-19(31)30-9-7-16(8-10-30)20-26-11-17(12-27-20)22(23,24)25/h11-14,16H,3-10H2,1-2H3,(H,29,32)/t14-/m0/s1. The van der Waals surface area contributed by atoms with Gasteiger partial charge in [-0.1, -0.05) is 0 Å². The van der Waals surface area contributed by atoms with Gasteiger partial charge in [0.2, 0.25) is 5.91 Å². The predicted molar refractivity (Wildman–Crippen MR) is 114 cm³/mol. The van der Waals surface area contributed by atoms with E-state index in [0.29, 0.717) is 49.5 Å². The Morgan fingerprint density at radius 1 is 1.21 bits per heavy atom. The number of carbonyl (C=O) groups is 1. The molecule has 0 radical (unpaired) electrons. The molecule has 1 N–H and O–H groups in total. The molecule has 11 heteroatoms. The van der Waals surface area contributed by atoms with Gasteiger partial charge in [-0.05, 0) is 46.0 Å². The zero-order chi connectivity index (χ0) is 24.0. The van der Waals surface area contributed by atoms with E-state index in [1.165, 1.54) is 6.20 Å². The fraction of sp³-hybridized carbons (Fsp3) is 0.591. The van der Waals surface area contributed by atoms with Gasteiger partial charge in [0, 0.05) is 37.8 Å². The second-order valence-electron chi connectivity index (χ2n) is 8.35. The van der Waals surface area contributed by atoms with Crippen molar-refractivity contribution in [2.24, 2.45) is 0 Å². The van der Waals surface area contributed by atoms with Gasteiger partial charge in [0.25, 0.3) is 5.56 Å². The van der Waals surface area contributed by atoms with Crippen LogP contribution in [0.2, 0.25) is 0 Å². The number of nitrogens with one attached hydrogen (secondary N) is 1. The summed E-state index contributed by atoms with van der Waals surface area (Å²) in [5, 5.41) is 6.10. The van der Waals surface area contributed by atoms with Crippen LogP contribution in [0.3, 0.4) is 0 Å². The van der Waals surface area contributed by atoms with E-state index in [4.69, 9.17) is 4.74 Å². The molecular formula is C22H28F3N5O3. The highest BCUT2D eigenvalue weighted by molar-refractivity contribution is 5.76. The minimum Gasteiger partial charge on any atom is -0.489 e. The minimum atomic E-state index is -4.45. The van der Waals surface area contributed by atoms with Crippen LogP contribution < -0.4 is 10.3 Å². The summed E-state index contributed by atoms with van der Waals surface area (Å²) in [7, 11) is 0. The summed E-state index contributed by atoms with van der Waals surface area (Å²) in [5.41, 5.74) is -0.654. The average molecular weight is 467 g/mol. The van der Waals surface area contributed by atoms with E-state index in [1.54, 1.807) is 11.8 Å². The number of ether oxygens (including phenoxy) is 1. The van der Waals surface area contributed by atoms with Crippen molar-refractivity contribution in [2.75, 3.05) is 13.1 Å². The van der Waals surface area contributed by atoms with E-state index in [-0.39, 0.29) is 23.5 Å². The number of piperidine rings is 1. The van der Waals surface area contributed by atoms with Gasteiger partial charge in [-0.15, -0.1) is 0 Å². The highest BCUT2D eigenvalue weighted by atomic mass is 19.4. The Kier molecular flexibility index (Phi) is 8.04. The van der Waals surface area contributed by atoms with Crippen LogP contribution in [0.5, 0.6) is 5.75 Å². The monoisotopic (exact) mass is 467 g/mol. The highest BCUT2D eigenvalue weighted by Crippen LogP contribution is 2.30. The van der Waals surface area contributed by atoms with Crippen molar-refractivity contribution in [3.8, 4) is 5.75 Å². The first-order chi connectivity index (χ1) is 15.6. The molecule has 33 heavy (non-hydrogen) atoms. The number of alkyl halides is 3. The number of hydrogen-bond acceptors (Lipinski definition) is 6. The molecule has 2 aromatic heterocycles. The number of carbonyl (C=O) groups excluding carboxylic acids is 1. The van der Waals surface area contributed by atoms with Crippen molar-refractivity contribution in [2.45, 2.75) is 70.6 Å². The maximum atomic E-state index is 12.7. The Balaban J connectivity index is 1.36. The predicted octanol–water partition coefficient (Wildman–Crippen LogP) is 3.62. The summed E-state index contributed by atoms with van der Waals surface area (Å²) >= 11 is 0. The Hall–Kier alpha value is -2.98. The zero-order valence-electron chi connectivity index (χ0n) is 18.7. The van der Waals surface area contributed by atoms with Crippen LogP contribution >= 0.6 is 0 Å². The molecule has 0 aliphatic carbocycles. The van der Waals surface area contributed by atoms with E-state index in [2.05, 4.69) is 20.2 Å². The lowest BCUT2D eigenvalue weighted by Gasteiger charge is -2.31. The van der Waals surface area contributed by atoms with Crippen LogP contribution in [0.1, 0.15) is 68.3 Å². The Labute approximate surface area is 189 Å². The molecule has 0 bridgehead atoms. The van der Waals surface area contributed by atoms with Gasteiger partial charge in [0.15, 0.2) is 0 Å². The second kappa shape index (κ2) is 10.8. The van der Waals surface area contributed by atoms with E-state index < -0.39 is 11.7 Å². The molecule has 3 heterocycles. The van der Waals surface area contributed by atoms with Gasteiger partial charge in [-0.25, -0.2) is 15.1 Å². The molecule has 3 rings (SSSR count). The molecule has 1 atom stereocenters. The van der Waals surface area contributed by atoms with E-state index in [1.807, 2.05) is 6.92 Å². The molecule has 0 spiro atoms. The second-order valence-corrected chi connectivity index (χ2v) is 8.35. The molecule has 0 aromatic carbocycles. The van der Waals surface area contributed by atoms with Crippen molar-refractivity contribution in [1.29, 1.82) is 0 Å². The number of aromatic amines is 1. The van der Waals surface area contributed by atoms with E-state index in [0.717, 1.165) is 31.7 Å². The van der Waals surface area contributed by atoms with Crippen LogP contribution in [0.15, 0.2) is 23.4 Å². The molecule has 1 aliphatic rings. The molecule has 0 unspecified atom stereocenters. The number of halogens is 3. The number of H-pyrrole nitrogens is 1. The van der Waals surface area contributed by atoms with E-state index >= 15 is 0 Å². The van der Waals surface area contributed by atoms with Crippen LogP contribution in [-0.4, -0.2) is 50.2 Å². The lowest BCUT2D eigenvalue weighted by Crippen LogP contribution is -2.38. The lowest BCUT2D eigenvalue weighted by molar-refractivity contribution is -0.138. The van der Waals surface area contributed by atoms with Crippen LogP contribution in [0.4, 0.5) is 13.2 Å². The van der Waals surface area contributed by atoms with Crippen LogP contribution in [0.25, 0.3) is 0 Å². The van der Waals surface area contributed by atoms with Gasteiger partial charge < -0.3 is 9.64 Å². The highest BCUT2D eigenvalue weighted by Gasteiger charge is 2.32. The number of rotatable bonds is 8. The van der Waals surface area contributed by atoms with Gasteiger partial charge in [0.05, 0.1) is 23.4 Å². The lowest BCUT2D eigenvalue weighted by atomic mass is 9.95. The molecule has 1 aliphatic heterocycles. The van der Waals surface area contributed by atoms with Gasteiger partial charge in [-0.3, -0.25) is 9.59 Å². The number of hydrogen-bond donors (Lipinski definition) is 1. The van der Waals surface area contributed by atoms with Crippen molar-refractivity contribution >= 4 is 5.91 Å². The first-order valence-electron chi connectivity index (χ1n) is 11.0. The van der Waals surface area contributed by atoms with Gasteiger partial charge in [-0.2, -0.15) is 18.3 Å². The number of nitrogens with zero attached hydrogens (tertiary/aromatic N) is 4. The topological polar surface area (TPSA) is 101 Å². The third-order valence-electron chi connectivity index (χ3n) is 5.85. The normalized spacial score (nSPS) is 16.0. The molecular weight excluding hydrogens is 439 g/mol. The van der Waals surface area contributed by atoms with Gasteiger partial charge >= 0.3 is 6.18 Å². The molecule has 1 fully saturated rings. The maximum absolute atomic E-state index is 12.7. The fourth-order valence-electron chi connectivity index (χ4n) is 3.79. The SMILES string of the molecule is Cc1c(O[C@@H](C)CCCCC(=O)N2CCC(c3ncc(C(F)(F)F)cn3)CC2)cn[nH]c1=O. The van der Waals surface area contributed by atoms with E-state index in [9.17, 15) is 22.8 Å². The molecule has 1 amide bonds. The molecule has 2 aromatic rings. The summed E-state index contributed by atoms with van der Waals surface area (Å²) in [6, 6.07) is 0. The van der Waals surface area contributed by atoms with Crippen molar-refractivity contribution in [3.05, 3.63) is 45.9 Å². The van der Waals surface area contributed by atoms with Crippen molar-refractivity contribution in [3.63, 3.8) is 0 Å². The van der Waals surface area contributed by atoms with Crippen molar-refractivity contribution in [1.82, 2.24) is 25.1 Å². The average Bonchev–Trinajstić information content (AvgIpc) is 2.79. The first-order valence-corrected chi connectivity index (χ1v) is 11.0. The smallest absolute Gasteiger partial charge is 0.419 e. The fourth-order valence-corrected chi connectivity index (χ4v) is 3.79. The molecule has 180 valence electrons. The zero-order valence-corrected chi connectivity index (χ0v) is 18.7. The molecule has 8 nitrogen and oxygen atoms in total. The van der Waals surface area contributed by atoms with Crippen LogP contribution in [0, 0.1) is 6.92 Å². The number of likely N-dealkylation sites (tertiary alicyclic amines) is 1. The maximum Gasteiger partial charge on any atom is 0.419 e. The van der Waals surface area contributed by atoms with Gasteiger partial charge in [0.1, 0.15) is 11.6 Å². The Morgan fingerprint density at radius 2 is 1.88 bits per heavy atom. The third kappa shape index (κ3) is 6.75. The summed E-state index contributed by atoms with van der Waals surface area (Å²) in [5.74, 6) is 0.889. The van der Waals surface area contributed by atoms with Crippen LogP contribution in [-0.2, 0) is 11.0 Å². The largest absolute Gasteiger partial charge is 0.489 e. The quantitative estimate of drug-likeness (QED) is 0.595. The summed E-state index contributed by atoms with van der Waals surface area (Å²) in [6.45, 7) is 4.68.